The van der Waals surface area contributed by atoms with E-state index in [9.17, 15) is 9.18 Å². The van der Waals surface area contributed by atoms with Gasteiger partial charge in [0.15, 0.2) is 0 Å². The van der Waals surface area contributed by atoms with Crippen LogP contribution in [0.5, 0.6) is 17.2 Å². The Bertz CT molecular complexity index is 1350. The van der Waals surface area contributed by atoms with Crippen molar-refractivity contribution in [1.82, 2.24) is 0 Å². The lowest BCUT2D eigenvalue weighted by Crippen LogP contribution is -2.52. The van der Waals surface area contributed by atoms with Crippen LogP contribution in [-0.4, -0.2) is 44.9 Å². The van der Waals surface area contributed by atoms with Crippen molar-refractivity contribution in [2.24, 2.45) is 0 Å². The largest absolute Gasteiger partial charge is 0.496 e. The highest BCUT2D eigenvalue weighted by Gasteiger charge is 2.38. The van der Waals surface area contributed by atoms with Crippen molar-refractivity contribution in [2.45, 2.75) is 39.0 Å². The number of likely N-dealkylation sites (N-methyl/N-ethyl adjacent to an activating group) is 1. The summed E-state index contributed by atoms with van der Waals surface area (Å²) < 4.78 is 36.9. The number of nitrogens with zero attached hydrogens (tertiary/aromatic N) is 1. The Morgan fingerprint density at radius 2 is 1.84 bits per heavy atom. The van der Waals surface area contributed by atoms with E-state index in [1.54, 1.807) is 25.1 Å². The van der Waals surface area contributed by atoms with Gasteiger partial charge in [-0.25, -0.2) is 4.39 Å². The lowest BCUT2D eigenvalue weighted by Gasteiger charge is -2.39. The number of fused-ring (bicyclic) bond motifs is 1. The first kappa shape index (κ1) is 24.9. The molecule has 0 aromatic heterocycles. The first-order valence-electron chi connectivity index (χ1n) is 12.2. The molecule has 5 rings (SSSR count). The minimum atomic E-state index is -0.761. The molecule has 0 bridgehead atoms. The van der Waals surface area contributed by atoms with Crippen LogP contribution >= 0.6 is 0 Å². The number of anilines is 2. The first-order chi connectivity index (χ1) is 17.7. The Morgan fingerprint density at radius 3 is 2.57 bits per heavy atom. The predicted octanol–water partition coefficient (Wildman–Crippen LogP) is 5.33. The predicted molar refractivity (Wildman–Crippen MR) is 140 cm³/mol. The topological polar surface area (TPSA) is 72.6 Å². The van der Waals surface area contributed by atoms with Gasteiger partial charge in [-0.15, -0.1) is 0 Å². The van der Waals surface area contributed by atoms with E-state index in [0.29, 0.717) is 29.5 Å². The fourth-order valence-corrected chi connectivity index (χ4v) is 4.65. The molecule has 1 saturated heterocycles. The summed E-state index contributed by atoms with van der Waals surface area (Å²) in [6.45, 7) is 6.89. The number of ether oxygens (including phenoxy) is 4. The van der Waals surface area contributed by atoms with Gasteiger partial charge in [0.2, 0.25) is 0 Å². The monoisotopic (exact) mass is 506 g/mol. The standard InChI is InChI=1S/C29H31FN2O5/c1-17-6-7-18(30)12-25(17)37-16-23-21(10-11-24-27(23)32(4)28(33)29(2,3)31-24)22-9-8-19(13-26(22)34-5)35-14-20-15-36-20/h6-13,20,31H,14-16H2,1-5H3. The van der Waals surface area contributed by atoms with E-state index in [2.05, 4.69) is 5.32 Å². The summed E-state index contributed by atoms with van der Waals surface area (Å²) in [6.07, 6.45) is 0.145. The van der Waals surface area contributed by atoms with E-state index in [-0.39, 0.29) is 24.4 Å². The van der Waals surface area contributed by atoms with E-state index < -0.39 is 5.54 Å². The van der Waals surface area contributed by atoms with Gasteiger partial charge in [0.05, 0.1) is 25.1 Å². The number of carbonyl (C=O) groups excluding carboxylic acids is 1. The fraction of sp³-hybridized carbons (Fsp3) is 0.345. The van der Waals surface area contributed by atoms with Gasteiger partial charge in [0, 0.05) is 30.3 Å². The van der Waals surface area contributed by atoms with Gasteiger partial charge < -0.3 is 29.2 Å². The Morgan fingerprint density at radius 1 is 1.08 bits per heavy atom. The molecule has 1 unspecified atom stereocenters. The summed E-state index contributed by atoms with van der Waals surface area (Å²) in [7, 11) is 3.37. The Balaban J connectivity index is 1.59. The highest BCUT2D eigenvalue weighted by molar-refractivity contribution is 6.08. The number of benzene rings is 3. The van der Waals surface area contributed by atoms with Crippen molar-refractivity contribution < 1.29 is 28.1 Å². The highest BCUT2D eigenvalue weighted by Crippen LogP contribution is 2.45. The maximum absolute atomic E-state index is 14.0. The summed E-state index contributed by atoms with van der Waals surface area (Å²) in [6, 6.07) is 14.1. The lowest BCUT2D eigenvalue weighted by atomic mass is 9.91. The second-order valence-electron chi connectivity index (χ2n) is 9.93. The second-order valence-corrected chi connectivity index (χ2v) is 9.93. The van der Waals surface area contributed by atoms with Crippen LogP contribution in [0.4, 0.5) is 15.8 Å². The third-order valence-electron chi connectivity index (χ3n) is 6.73. The second kappa shape index (κ2) is 9.59. The van der Waals surface area contributed by atoms with Crippen molar-refractivity contribution in [3.63, 3.8) is 0 Å². The number of hydrogen-bond donors (Lipinski definition) is 1. The van der Waals surface area contributed by atoms with Gasteiger partial charge in [-0.3, -0.25) is 4.79 Å². The van der Waals surface area contributed by atoms with E-state index in [1.165, 1.54) is 12.1 Å². The number of aryl methyl sites for hydroxylation is 1. The molecule has 2 aliphatic heterocycles. The molecule has 1 amide bonds. The van der Waals surface area contributed by atoms with Crippen LogP contribution in [0.15, 0.2) is 48.5 Å². The SMILES string of the molecule is COc1cc(OCC2CO2)ccc1-c1ccc2c(c1COc1cc(F)ccc1C)N(C)C(=O)C(C)(C)N2. The number of halogens is 1. The molecular formula is C29H31FN2O5. The van der Waals surface area contributed by atoms with Crippen LogP contribution in [0.2, 0.25) is 0 Å². The third-order valence-corrected chi connectivity index (χ3v) is 6.73. The van der Waals surface area contributed by atoms with Crippen molar-refractivity contribution >= 4 is 17.3 Å². The molecule has 0 radical (unpaired) electrons. The molecule has 8 heteroatoms. The molecule has 3 aromatic rings. The summed E-state index contributed by atoms with van der Waals surface area (Å²) in [4.78, 5) is 14.9. The van der Waals surface area contributed by atoms with E-state index in [4.69, 9.17) is 18.9 Å². The van der Waals surface area contributed by atoms with Gasteiger partial charge in [0.25, 0.3) is 5.91 Å². The molecule has 1 fully saturated rings. The summed E-state index contributed by atoms with van der Waals surface area (Å²) in [5.41, 5.74) is 4.01. The molecule has 0 aliphatic carbocycles. The first-order valence-corrected chi connectivity index (χ1v) is 12.2. The van der Waals surface area contributed by atoms with Crippen molar-refractivity contribution in [2.75, 3.05) is 37.6 Å². The maximum Gasteiger partial charge on any atom is 0.251 e. The maximum atomic E-state index is 14.0. The average molecular weight is 507 g/mol. The zero-order chi connectivity index (χ0) is 26.3. The van der Waals surface area contributed by atoms with E-state index >= 15 is 0 Å². The van der Waals surface area contributed by atoms with Crippen LogP contribution in [0, 0.1) is 12.7 Å². The molecule has 194 valence electrons. The van der Waals surface area contributed by atoms with Crippen LogP contribution in [-0.2, 0) is 16.1 Å². The third kappa shape index (κ3) is 4.93. The normalized spacial score (nSPS) is 17.6. The van der Waals surface area contributed by atoms with Crippen LogP contribution in [0.1, 0.15) is 25.0 Å². The Hall–Kier alpha value is -3.78. The lowest BCUT2D eigenvalue weighted by molar-refractivity contribution is -0.121. The summed E-state index contributed by atoms with van der Waals surface area (Å²) >= 11 is 0. The Labute approximate surface area is 216 Å². The van der Waals surface area contributed by atoms with Gasteiger partial charge in [0.1, 0.15) is 47.9 Å². The van der Waals surface area contributed by atoms with Crippen LogP contribution in [0.3, 0.4) is 0 Å². The molecule has 7 nitrogen and oxygen atoms in total. The molecule has 3 aromatic carbocycles. The molecular weight excluding hydrogens is 475 g/mol. The molecule has 1 atom stereocenters. The highest BCUT2D eigenvalue weighted by atomic mass is 19.1. The number of carbonyl (C=O) groups is 1. The zero-order valence-corrected chi connectivity index (χ0v) is 21.7. The minimum absolute atomic E-state index is 0.0710. The fourth-order valence-electron chi connectivity index (χ4n) is 4.65. The number of epoxide rings is 1. The van der Waals surface area contributed by atoms with Crippen LogP contribution < -0.4 is 24.4 Å². The summed E-state index contributed by atoms with van der Waals surface area (Å²) in [5.74, 6) is 1.30. The number of methoxy groups -OCH3 is 1. The van der Waals surface area contributed by atoms with E-state index in [0.717, 1.165) is 34.5 Å². The van der Waals surface area contributed by atoms with Crippen LogP contribution in [0.25, 0.3) is 11.1 Å². The smallest absolute Gasteiger partial charge is 0.251 e. The zero-order valence-electron chi connectivity index (χ0n) is 21.7. The van der Waals surface area contributed by atoms with Crippen molar-refractivity contribution in [1.29, 1.82) is 0 Å². The average Bonchev–Trinajstić information content (AvgIpc) is 3.71. The van der Waals surface area contributed by atoms with Gasteiger partial charge in [-0.05, 0) is 56.2 Å². The molecule has 2 heterocycles. The molecule has 37 heavy (non-hydrogen) atoms. The number of amides is 1. The van der Waals surface area contributed by atoms with Gasteiger partial charge in [-0.2, -0.15) is 0 Å². The molecule has 0 saturated carbocycles. The molecule has 0 spiro atoms. The van der Waals surface area contributed by atoms with Crippen molar-refractivity contribution in [3.8, 4) is 28.4 Å². The van der Waals surface area contributed by atoms with Gasteiger partial charge >= 0.3 is 0 Å². The minimum Gasteiger partial charge on any atom is -0.496 e. The molecule has 1 N–H and O–H groups in total. The Kier molecular flexibility index (Phi) is 6.45. The molecule has 2 aliphatic rings. The quantitative estimate of drug-likeness (QED) is 0.416. The van der Waals surface area contributed by atoms with Crippen molar-refractivity contribution in [3.05, 3.63) is 65.5 Å². The number of hydrogen-bond acceptors (Lipinski definition) is 6. The van der Waals surface area contributed by atoms with Gasteiger partial charge in [-0.1, -0.05) is 12.1 Å². The van der Waals surface area contributed by atoms with E-state index in [1.807, 2.05) is 51.1 Å². The summed E-state index contributed by atoms with van der Waals surface area (Å²) in [5, 5.41) is 3.36. The number of rotatable bonds is 8. The number of nitrogens with one attached hydrogen (secondary N) is 1.